The molecule has 0 amide bonds. The molecule has 0 aliphatic heterocycles. The van der Waals surface area contributed by atoms with Crippen LogP contribution < -0.4 is 0 Å². The van der Waals surface area contributed by atoms with Crippen LogP contribution in [0.4, 0.5) is 5.69 Å². The van der Waals surface area contributed by atoms with E-state index in [2.05, 4.69) is 133 Å². The second-order valence-corrected chi connectivity index (χ2v) is 12.2. The van der Waals surface area contributed by atoms with E-state index in [-0.39, 0.29) is 0 Å². The summed E-state index contributed by atoms with van der Waals surface area (Å²) in [6, 6.07) is 31.2. The first-order chi connectivity index (χ1) is 21.5. The zero-order valence-corrected chi connectivity index (χ0v) is 28.2. The number of unbranched alkanes of at least 4 members (excludes halogenated alkanes) is 4. The lowest BCUT2D eigenvalue weighted by Gasteiger charge is -2.17. The molecule has 4 aromatic carbocycles. The third-order valence-corrected chi connectivity index (χ3v) is 8.85. The highest BCUT2D eigenvalue weighted by Crippen LogP contribution is 2.34. The van der Waals surface area contributed by atoms with Gasteiger partial charge in [0, 0.05) is 5.71 Å². The van der Waals surface area contributed by atoms with Gasteiger partial charge >= 0.3 is 0 Å². The summed E-state index contributed by atoms with van der Waals surface area (Å²) < 4.78 is 0. The molecule has 1 nitrogen and oxygen atoms in total. The van der Waals surface area contributed by atoms with Crippen molar-refractivity contribution in [3.63, 3.8) is 0 Å². The van der Waals surface area contributed by atoms with Crippen LogP contribution in [-0.4, -0.2) is 5.71 Å². The van der Waals surface area contributed by atoms with E-state index in [1.807, 2.05) is 0 Å². The van der Waals surface area contributed by atoms with Crippen LogP contribution in [0.1, 0.15) is 107 Å². The van der Waals surface area contributed by atoms with Crippen molar-refractivity contribution in [2.75, 3.05) is 0 Å². The minimum atomic E-state index is 0.946. The lowest BCUT2D eigenvalue weighted by Crippen LogP contribution is -2.00. The Hall–Kier alpha value is -3.71. The van der Waals surface area contributed by atoms with E-state index in [0.29, 0.717) is 0 Å². The van der Waals surface area contributed by atoms with Crippen molar-refractivity contribution in [2.45, 2.75) is 106 Å². The van der Waals surface area contributed by atoms with Gasteiger partial charge in [-0.2, -0.15) is 0 Å². The topological polar surface area (TPSA) is 12.4 Å². The number of allylic oxidation sites excluding steroid dienone is 1. The largest absolute Gasteiger partial charge is 0.253 e. The molecular weight excluding hydrogens is 530 g/mol. The lowest BCUT2D eigenvalue weighted by atomic mass is 9.89. The first kappa shape index (κ1) is 33.2. The van der Waals surface area contributed by atoms with Crippen molar-refractivity contribution in [1.82, 2.24) is 0 Å². The molecule has 0 unspecified atom stereocenters. The smallest absolute Gasteiger partial charge is 0.0642 e. The van der Waals surface area contributed by atoms with Crippen molar-refractivity contribution in [1.29, 1.82) is 0 Å². The maximum absolute atomic E-state index is 5.30. The zero-order chi connectivity index (χ0) is 31.3. The SMILES string of the molecule is CCCCCCc1cc(N=C(C)C(=Cc2cc(C)c(-c3ccccc3)c(CCCC)c2)CC)cc(-c2ccccc2)c1CC. The van der Waals surface area contributed by atoms with Crippen molar-refractivity contribution >= 4 is 17.5 Å². The molecule has 0 atom stereocenters. The van der Waals surface area contributed by atoms with E-state index in [1.165, 1.54) is 94.2 Å². The molecule has 4 rings (SSSR count). The Balaban J connectivity index is 1.75. The highest BCUT2D eigenvalue weighted by atomic mass is 14.7. The molecular formula is C43H53N. The molecule has 4 aromatic rings. The van der Waals surface area contributed by atoms with Crippen LogP contribution in [0, 0.1) is 6.92 Å². The van der Waals surface area contributed by atoms with Crippen molar-refractivity contribution in [3.8, 4) is 22.3 Å². The average Bonchev–Trinajstić information content (AvgIpc) is 3.05. The molecule has 0 spiro atoms. The molecule has 0 saturated heterocycles. The summed E-state index contributed by atoms with van der Waals surface area (Å²) in [6.45, 7) is 13.6. The molecule has 0 aliphatic carbocycles. The molecule has 0 saturated carbocycles. The molecule has 0 aromatic heterocycles. The highest BCUT2D eigenvalue weighted by molar-refractivity contribution is 6.03. The van der Waals surface area contributed by atoms with Gasteiger partial charge in [-0.25, -0.2) is 0 Å². The van der Waals surface area contributed by atoms with E-state index < -0.39 is 0 Å². The number of hydrogen-bond acceptors (Lipinski definition) is 1. The predicted octanol–water partition coefficient (Wildman–Crippen LogP) is 12.9. The third kappa shape index (κ3) is 8.69. The van der Waals surface area contributed by atoms with Gasteiger partial charge in [-0.15, -0.1) is 0 Å². The molecule has 0 bridgehead atoms. The zero-order valence-electron chi connectivity index (χ0n) is 28.2. The van der Waals surface area contributed by atoms with Gasteiger partial charge in [0.1, 0.15) is 0 Å². The fraction of sp³-hybridized carbons (Fsp3) is 0.372. The predicted molar refractivity (Wildman–Crippen MR) is 195 cm³/mol. The normalized spacial score (nSPS) is 12.1. The minimum Gasteiger partial charge on any atom is -0.253 e. The van der Waals surface area contributed by atoms with E-state index in [1.54, 1.807) is 0 Å². The van der Waals surface area contributed by atoms with Crippen molar-refractivity contribution < 1.29 is 0 Å². The summed E-state index contributed by atoms with van der Waals surface area (Å²) in [4.78, 5) is 5.30. The molecule has 0 heterocycles. The van der Waals surface area contributed by atoms with Gasteiger partial charge in [0.15, 0.2) is 0 Å². The van der Waals surface area contributed by atoms with Crippen molar-refractivity contribution in [2.24, 2.45) is 4.99 Å². The molecule has 0 aliphatic rings. The van der Waals surface area contributed by atoms with Crippen molar-refractivity contribution in [3.05, 3.63) is 118 Å². The summed E-state index contributed by atoms with van der Waals surface area (Å²) in [7, 11) is 0. The first-order valence-corrected chi connectivity index (χ1v) is 17.1. The van der Waals surface area contributed by atoms with Gasteiger partial charge in [0.25, 0.3) is 0 Å². The van der Waals surface area contributed by atoms with Crippen LogP contribution in [-0.2, 0) is 19.3 Å². The molecule has 1 heteroatoms. The third-order valence-electron chi connectivity index (χ3n) is 8.85. The fourth-order valence-electron chi connectivity index (χ4n) is 6.52. The van der Waals surface area contributed by atoms with Gasteiger partial charge in [0.2, 0.25) is 0 Å². The van der Waals surface area contributed by atoms with Crippen LogP contribution in [0.2, 0.25) is 0 Å². The number of rotatable bonds is 15. The lowest BCUT2D eigenvalue weighted by molar-refractivity contribution is 0.665. The van der Waals surface area contributed by atoms with Gasteiger partial charge in [0.05, 0.1) is 5.69 Å². The summed E-state index contributed by atoms with van der Waals surface area (Å²) in [6.07, 6.45) is 14.1. The Morgan fingerprint density at radius 3 is 1.98 bits per heavy atom. The van der Waals surface area contributed by atoms with E-state index in [9.17, 15) is 0 Å². The Kier molecular flexibility index (Phi) is 12.8. The fourth-order valence-corrected chi connectivity index (χ4v) is 6.52. The van der Waals surface area contributed by atoms with Gasteiger partial charge < -0.3 is 0 Å². The van der Waals surface area contributed by atoms with Crippen LogP contribution in [0.3, 0.4) is 0 Å². The number of hydrogen-bond donors (Lipinski definition) is 0. The monoisotopic (exact) mass is 583 g/mol. The first-order valence-electron chi connectivity index (χ1n) is 17.1. The Labute approximate surface area is 268 Å². The maximum atomic E-state index is 5.30. The Bertz CT molecular complexity index is 1540. The van der Waals surface area contributed by atoms with Crippen LogP contribution in [0.5, 0.6) is 0 Å². The van der Waals surface area contributed by atoms with E-state index in [4.69, 9.17) is 4.99 Å². The van der Waals surface area contributed by atoms with Crippen LogP contribution >= 0.6 is 0 Å². The highest BCUT2D eigenvalue weighted by Gasteiger charge is 2.14. The van der Waals surface area contributed by atoms with Crippen LogP contribution in [0.15, 0.2) is 95.5 Å². The Morgan fingerprint density at radius 1 is 0.682 bits per heavy atom. The minimum absolute atomic E-state index is 0.946. The summed E-state index contributed by atoms with van der Waals surface area (Å²) in [5.41, 5.74) is 15.8. The quantitative estimate of drug-likeness (QED) is 0.0975. The Morgan fingerprint density at radius 2 is 1.34 bits per heavy atom. The van der Waals surface area contributed by atoms with E-state index >= 15 is 0 Å². The van der Waals surface area contributed by atoms with Gasteiger partial charge in [-0.3, -0.25) is 4.99 Å². The van der Waals surface area contributed by atoms with E-state index in [0.717, 1.165) is 37.1 Å². The van der Waals surface area contributed by atoms with Gasteiger partial charge in [-0.05, 0) is 126 Å². The number of aliphatic imine (C=N–C) groups is 1. The van der Waals surface area contributed by atoms with Gasteiger partial charge in [-0.1, -0.05) is 126 Å². The molecule has 44 heavy (non-hydrogen) atoms. The maximum Gasteiger partial charge on any atom is 0.0642 e. The molecule has 230 valence electrons. The summed E-state index contributed by atoms with van der Waals surface area (Å²) >= 11 is 0. The average molecular weight is 584 g/mol. The summed E-state index contributed by atoms with van der Waals surface area (Å²) in [5, 5.41) is 0. The number of aryl methyl sites for hydroxylation is 3. The molecule has 0 fully saturated rings. The standard InChI is InChI=1S/C43H53N/c1-7-11-13-16-26-38-30-40(31-42(41(38)10-4)36-22-17-14-18-23-36)44-33(6)35(9-3)28-34-27-32(5)43(37-24-19-15-20-25-37)39(29-34)21-12-8-2/h14-15,17-20,22-25,27-31H,7-13,16,21,26H2,1-6H3. The van der Waals surface area contributed by atoms with Crippen LogP contribution in [0.25, 0.3) is 28.3 Å². The summed E-state index contributed by atoms with van der Waals surface area (Å²) in [5.74, 6) is 0. The second kappa shape index (κ2) is 17.0. The molecule has 0 N–H and O–H groups in total. The number of benzene rings is 4. The number of nitrogens with zero attached hydrogens (tertiary/aromatic N) is 1. The molecule has 0 radical (unpaired) electrons. The second-order valence-electron chi connectivity index (χ2n) is 12.2.